The van der Waals surface area contributed by atoms with Crippen LogP contribution in [-0.2, 0) is 4.79 Å². The number of fused-ring (bicyclic) bond motifs is 1. The molecule has 1 aromatic heterocycles. The van der Waals surface area contributed by atoms with Crippen LogP contribution in [0.1, 0.15) is 20.3 Å². The summed E-state index contributed by atoms with van der Waals surface area (Å²) in [5.74, 6) is 0.00611. The number of aromatic amines is 1. The zero-order valence-corrected chi connectivity index (χ0v) is 10.6. The summed E-state index contributed by atoms with van der Waals surface area (Å²) in [6.45, 7) is 4.00. The number of aromatic nitrogens is 2. The van der Waals surface area contributed by atoms with E-state index < -0.39 is 6.04 Å². The van der Waals surface area contributed by atoms with E-state index >= 15 is 0 Å². The molecule has 96 valence electrons. The van der Waals surface area contributed by atoms with Gasteiger partial charge in [0.05, 0.1) is 23.4 Å². The Bertz CT molecular complexity index is 549. The molecule has 2 aromatic rings. The summed E-state index contributed by atoms with van der Waals surface area (Å²) in [4.78, 5) is 12.0. The Labute approximate surface area is 106 Å². The van der Waals surface area contributed by atoms with Gasteiger partial charge in [0.1, 0.15) is 0 Å². The third-order valence-corrected chi connectivity index (χ3v) is 3.30. The van der Waals surface area contributed by atoms with Gasteiger partial charge >= 0.3 is 0 Å². The van der Waals surface area contributed by atoms with Gasteiger partial charge in [0.25, 0.3) is 0 Å². The van der Waals surface area contributed by atoms with Crippen molar-refractivity contribution in [2.24, 2.45) is 11.7 Å². The largest absolute Gasteiger partial charge is 0.324 e. The van der Waals surface area contributed by atoms with E-state index in [9.17, 15) is 4.79 Å². The van der Waals surface area contributed by atoms with E-state index in [1.54, 1.807) is 6.20 Å². The molecule has 2 rings (SSSR count). The van der Waals surface area contributed by atoms with Crippen LogP contribution in [-0.4, -0.2) is 22.1 Å². The van der Waals surface area contributed by atoms with E-state index in [0.717, 1.165) is 23.0 Å². The maximum atomic E-state index is 12.0. The molecule has 0 saturated carbocycles. The summed E-state index contributed by atoms with van der Waals surface area (Å²) < 4.78 is 0. The first kappa shape index (κ1) is 12.6. The molecule has 1 heterocycles. The lowest BCUT2D eigenvalue weighted by Crippen LogP contribution is -2.40. The van der Waals surface area contributed by atoms with E-state index in [1.807, 2.05) is 32.0 Å². The van der Waals surface area contributed by atoms with Crippen molar-refractivity contribution in [3.63, 3.8) is 0 Å². The molecule has 1 aromatic carbocycles. The van der Waals surface area contributed by atoms with Gasteiger partial charge in [0, 0.05) is 5.39 Å². The van der Waals surface area contributed by atoms with Crippen LogP contribution >= 0.6 is 0 Å². The second-order valence-electron chi connectivity index (χ2n) is 4.54. The number of nitrogens with two attached hydrogens (primary N) is 1. The van der Waals surface area contributed by atoms with Crippen LogP contribution in [0.2, 0.25) is 0 Å². The van der Waals surface area contributed by atoms with Gasteiger partial charge in [0.2, 0.25) is 5.91 Å². The van der Waals surface area contributed by atoms with Crippen molar-refractivity contribution in [3.05, 3.63) is 24.4 Å². The minimum Gasteiger partial charge on any atom is -0.324 e. The predicted octanol–water partition coefficient (Wildman–Crippen LogP) is 1.87. The number of nitrogens with zero attached hydrogens (tertiary/aromatic N) is 1. The average molecular weight is 246 g/mol. The second kappa shape index (κ2) is 5.18. The summed E-state index contributed by atoms with van der Waals surface area (Å²) in [6.07, 6.45) is 2.57. The van der Waals surface area contributed by atoms with Crippen LogP contribution in [0, 0.1) is 5.92 Å². The highest BCUT2D eigenvalue weighted by atomic mass is 16.2. The van der Waals surface area contributed by atoms with Crippen molar-refractivity contribution in [2.45, 2.75) is 26.3 Å². The van der Waals surface area contributed by atoms with Crippen molar-refractivity contribution >= 4 is 22.5 Å². The minimum absolute atomic E-state index is 0.155. The lowest BCUT2D eigenvalue weighted by Gasteiger charge is -2.17. The first-order chi connectivity index (χ1) is 8.63. The normalized spacial score (nSPS) is 14.4. The van der Waals surface area contributed by atoms with Crippen LogP contribution in [0.5, 0.6) is 0 Å². The topological polar surface area (TPSA) is 83.8 Å². The van der Waals surface area contributed by atoms with Gasteiger partial charge < -0.3 is 11.1 Å². The molecule has 4 N–H and O–H groups in total. The van der Waals surface area contributed by atoms with Gasteiger partial charge in [-0.15, -0.1) is 0 Å². The van der Waals surface area contributed by atoms with E-state index in [1.165, 1.54) is 0 Å². The Hall–Kier alpha value is -1.88. The molecule has 0 aliphatic carbocycles. The molecule has 5 heteroatoms. The number of carbonyl (C=O) groups excluding carboxylic acids is 1. The number of rotatable bonds is 4. The van der Waals surface area contributed by atoms with Crippen molar-refractivity contribution in [2.75, 3.05) is 5.32 Å². The summed E-state index contributed by atoms with van der Waals surface area (Å²) in [7, 11) is 0. The van der Waals surface area contributed by atoms with Crippen LogP contribution in [0.15, 0.2) is 24.4 Å². The first-order valence-corrected chi connectivity index (χ1v) is 6.12. The van der Waals surface area contributed by atoms with Crippen LogP contribution in [0.3, 0.4) is 0 Å². The molecule has 18 heavy (non-hydrogen) atoms. The Kier molecular flexibility index (Phi) is 3.62. The Morgan fingerprint density at radius 2 is 2.33 bits per heavy atom. The first-order valence-electron chi connectivity index (χ1n) is 6.12. The average Bonchev–Trinajstić information content (AvgIpc) is 2.86. The summed E-state index contributed by atoms with van der Waals surface area (Å²) >= 11 is 0. The molecule has 0 aliphatic rings. The number of amides is 1. The molecule has 2 atom stereocenters. The molecular formula is C13H18N4O. The third-order valence-electron chi connectivity index (χ3n) is 3.30. The van der Waals surface area contributed by atoms with E-state index in [4.69, 9.17) is 5.73 Å². The molecule has 0 unspecified atom stereocenters. The van der Waals surface area contributed by atoms with Gasteiger partial charge in [-0.05, 0) is 18.1 Å². The monoisotopic (exact) mass is 246 g/mol. The number of hydrogen-bond acceptors (Lipinski definition) is 3. The summed E-state index contributed by atoms with van der Waals surface area (Å²) in [5.41, 5.74) is 7.54. The standard InChI is InChI=1S/C13H18N4O/c1-3-8(2)12(14)13(18)16-10-5-4-6-11-9(10)7-15-17-11/h4-8,12H,3,14H2,1-2H3,(H,15,17)(H,16,18)/t8-,12-/m0/s1. The Morgan fingerprint density at radius 1 is 1.56 bits per heavy atom. The number of H-pyrrole nitrogens is 1. The molecular weight excluding hydrogens is 228 g/mol. The minimum atomic E-state index is -0.489. The van der Waals surface area contributed by atoms with Gasteiger partial charge in [-0.25, -0.2) is 0 Å². The highest BCUT2D eigenvalue weighted by Gasteiger charge is 2.20. The molecule has 0 bridgehead atoms. The van der Waals surface area contributed by atoms with E-state index in [2.05, 4.69) is 15.5 Å². The van der Waals surface area contributed by atoms with Crippen molar-refractivity contribution < 1.29 is 4.79 Å². The van der Waals surface area contributed by atoms with Gasteiger partial charge in [0.15, 0.2) is 0 Å². The van der Waals surface area contributed by atoms with Crippen molar-refractivity contribution in [3.8, 4) is 0 Å². The molecule has 0 saturated heterocycles. The highest BCUT2D eigenvalue weighted by Crippen LogP contribution is 2.21. The maximum Gasteiger partial charge on any atom is 0.241 e. The fraction of sp³-hybridized carbons (Fsp3) is 0.385. The smallest absolute Gasteiger partial charge is 0.241 e. The van der Waals surface area contributed by atoms with E-state index in [0.29, 0.717) is 0 Å². The molecule has 1 amide bonds. The fourth-order valence-electron chi connectivity index (χ4n) is 1.81. The van der Waals surface area contributed by atoms with Crippen LogP contribution in [0.4, 0.5) is 5.69 Å². The number of anilines is 1. The quantitative estimate of drug-likeness (QED) is 0.770. The number of carbonyl (C=O) groups is 1. The highest BCUT2D eigenvalue weighted by molar-refractivity contribution is 6.02. The van der Waals surface area contributed by atoms with Gasteiger partial charge in [-0.3, -0.25) is 9.89 Å². The molecule has 0 fully saturated rings. The van der Waals surface area contributed by atoms with Gasteiger partial charge in [-0.2, -0.15) is 5.10 Å². The zero-order valence-electron chi connectivity index (χ0n) is 10.6. The Morgan fingerprint density at radius 3 is 3.06 bits per heavy atom. The zero-order chi connectivity index (χ0) is 13.1. The van der Waals surface area contributed by atoms with Crippen LogP contribution < -0.4 is 11.1 Å². The predicted molar refractivity (Wildman–Crippen MR) is 72.2 cm³/mol. The lowest BCUT2D eigenvalue weighted by atomic mass is 9.99. The van der Waals surface area contributed by atoms with Crippen LogP contribution in [0.25, 0.3) is 10.9 Å². The summed E-state index contributed by atoms with van der Waals surface area (Å²) in [5, 5.41) is 10.6. The maximum absolute atomic E-state index is 12.0. The lowest BCUT2D eigenvalue weighted by molar-refractivity contribution is -0.118. The number of benzene rings is 1. The molecule has 5 nitrogen and oxygen atoms in total. The van der Waals surface area contributed by atoms with Crippen molar-refractivity contribution in [1.29, 1.82) is 0 Å². The molecule has 0 spiro atoms. The van der Waals surface area contributed by atoms with Gasteiger partial charge in [-0.1, -0.05) is 26.3 Å². The number of hydrogen-bond donors (Lipinski definition) is 3. The third kappa shape index (κ3) is 2.36. The second-order valence-corrected chi connectivity index (χ2v) is 4.54. The fourth-order valence-corrected chi connectivity index (χ4v) is 1.81. The molecule has 0 aliphatic heterocycles. The van der Waals surface area contributed by atoms with Crippen molar-refractivity contribution in [1.82, 2.24) is 10.2 Å². The number of nitrogens with one attached hydrogen (secondary N) is 2. The summed E-state index contributed by atoms with van der Waals surface area (Å²) in [6, 6.07) is 5.13. The van der Waals surface area contributed by atoms with E-state index in [-0.39, 0.29) is 11.8 Å². The SMILES string of the molecule is CC[C@H](C)[C@H](N)C(=O)Nc1cccc2[nH]ncc12. The molecule has 0 radical (unpaired) electrons. The Balaban J connectivity index is 2.19.